The van der Waals surface area contributed by atoms with Gasteiger partial charge in [-0.05, 0) is 0 Å². The number of nitriles is 1. The van der Waals surface area contributed by atoms with Crippen LogP contribution >= 0.6 is 31.0 Å². The summed E-state index contributed by atoms with van der Waals surface area (Å²) in [5.74, 6) is 2.45. The summed E-state index contributed by atoms with van der Waals surface area (Å²) < 4.78 is 16.1. The average Bonchev–Trinajstić information content (AvgIpc) is 2.78. The van der Waals surface area contributed by atoms with Gasteiger partial charge in [-0.25, -0.2) is 0 Å². The number of thiazole rings is 1. The Kier molecular flexibility index (Phi) is 4.48. The van der Waals surface area contributed by atoms with Crippen LogP contribution < -0.4 is 10.5 Å². The number of nitrogen functional groups attached to an aromatic ring is 1. The molecular formula is C10H6N3O3PS2. The predicted molar refractivity (Wildman–Crippen MR) is 73.5 cm³/mol. The van der Waals surface area contributed by atoms with Gasteiger partial charge in [-0.3, -0.25) is 0 Å². The number of hydrogen-bond donors (Lipinski definition) is 2. The van der Waals surface area contributed by atoms with Crippen LogP contribution in [-0.4, -0.2) is 10.1 Å². The average molecular weight is 311 g/mol. The minimum absolute atomic E-state index is 0.240. The normalized spacial score (nSPS) is 9.89. The van der Waals surface area contributed by atoms with Gasteiger partial charge in [-0.15, -0.1) is 0 Å². The van der Waals surface area contributed by atoms with Crippen LogP contribution in [0.25, 0.3) is 10.2 Å². The van der Waals surface area contributed by atoms with Crippen LogP contribution in [-0.2, 0) is 11.2 Å². The number of anilines is 1. The van der Waals surface area contributed by atoms with E-state index in [0.717, 1.165) is 11.8 Å². The fraction of sp³-hybridized carbons (Fsp3) is 0.100. The summed E-state index contributed by atoms with van der Waals surface area (Å²) in [6.45, 7) is -0.240. The van der Waals surface area contributed by atoms with Crippen LogP contribution in [0.4, 0.5) is 5.13 Å². The Labute approximate surface area is 117 Å². The van der Waals surface area contributed by atoms with Gasteiger partial charge < -0.3 is 0 Å². The van der Waals surface area contributed by atoms with Gasteiger partial charge in [0.1, 0.15) is 0 Å². The number of aliphatic hydroxyl groups is 1. The number of aliphatic hydroxyl groups excluding tert-OH is 1. The third-order valence-corrected chi connectivity index (χ3v) is 4.00. The third kappa shape index (κ3) is 2.76. The Morgan fingerprint density at radius 1 is 1.68 bits per heavy atom. The summed E-state index contributed by atoms with van der Waals surface area (Å²) in [7, 11) is -0.400. The molecule has 0 radical (unpaired) electrons. The number of thiocyanates is 1. The molecule has 0 spiro atoms. The number of nitrogens with zero attached hydrogens (tertiary/aromatic N) is 2. The first-order chi connectivity index (χ1) is 9.21. The van der Waals surface area contributed by atoms with E-state index in [0.29, 0.717) is 31.6 Å². The Morgan fingerprint density at radius 3 is 3.11 bits per heavy atom. The van der Waals surface area contributed by atoms with Crippen LogP contribution in [0.1, 0.15) is 5.56 Å². The Balaban J connectivity index is 2.76. The second kappa shape index (κ2) is 6.11. The van der Waals surface area contributed by atoms with Crippen molar-refractivity contribution in [3.05, 3.63) is 11.6 Å². The van der Waals surface area contributed by atoms with E-state index in [1.165, 1.54) is 11.3 Å². The molecule has 96 valence electrons. The summed E-state index contributed by atoms with van der Waals surface area (Å²) in [6.07, 6.45) is 0. The van der Waals surface area contributed by atoms with E-state index >= 15 is 0 Å². The van der Waals surface area contributed by atoms with Gasteiger partial charge in [0, 0.05) is 0 Å². The Bertz CT molecular complexity index is 778. The van der Waals surface area contributed by atoms with Crippen LogP contribution in [0.2, 0.25) is 0 Å². The summed E-state index contributed by atoms with van der Waals surface area (Å²) in [4.78, 5) is 4.64. The molecule has 2 aromatic rings. The fourth-order valence-electron chi connectivity index (χ4n) is 1.53. The molecule has 1 aromatic heterocycles. The van der Waals surface area contributed by atoms with Gasteiger partial charge in [0.05, 0.1) is 0 Å². The van der Waals surface area contributed by atoms with Gasteiger partial charge in [0.15, 0.2) is 0 Å². The standard InChI is InChI=1S/C10H6N3O3PS2/c11-3-18-7-1-6(16-4-17-15)8-9(5(7)2-14)19-10(12)13-8/h1,14H,2H2,(H2,12,13). The van der Waals surface area contributed by atoms with Crippen molar-refractivity contribution in [1.82, 2.24) is 4.98 Å². The van der Waals surface area contributed by atoms with Gasteiger partial charge in [0.25, 0.3) is 0 Å². The van der Waals surface area contributed by atoms with Crippen LogP contribution in [0.5, 0.6) is 5.75 Å². The maximum absolute atomic E-state index is 10.4. The first-order valence-electron chi connectivity index (χ1n) is 4.84. The number of rotatable bonds is 3. The molecule has 0 unspecified atom stereocenters. The molecule has 0 aliphatic heterocycles. The summed E-state index contributed by atoms with van der Waals surface area (Å²) in [5.41, 5.74) is 6.67. The Morgan fingerprint density at radius 2 is 2.47 bits per heavy atom. The zero-order valence-corrected chi connectivity index (χ0v) is 11.8. The number of thioether (sulfide) groups is 1. The number of benzene rings is 1. The first kappa shape index (κ1) is 13.9. The van der Waals surface area contributed by atoms with Crippen molar-refractivity contribution in [2.45, 2.75) is 11.5 Å². The molecule has 6 nitrogen and oxygen atoms in total. The van der Waals surface area contributed by atoms with E-state index in [2.05, 4.69) is 10.8 Å². The molecule has 0 amide bonds. The summed E-state index contributed by atoms with van der Waals surface area (Å²) in [5, 5.41) is 20.4. The molecule has 0 atom stereocenters. The second-order valence-electron chi connectivity index (χ2n) is 3.22. The van der Waals surface area contributed by atoms with Gasteiger partial charge >= 0.3 is 117 Å². The van der Waals surface area contributed by atoms with Gasteiger partial charge in [0.2, 0.25) is 0 Å². The van der Waals surface area contributed by atoms with Crippen LogP contribution in [0.15, 0.2) is 11.0 Å². The number of nitrogens with two attached hydrogens (primary N) is 1. The molecule has 0 aliphatic carbocycles. The molecular weight excluding hydrogens is 305 g/mol. The third-order valence-electron chi connectivity index (χ3n) is 2.22. The number of fused-ring (bicyclic) bond motifs is 1. The second-order valence-corrected chi connectivity index (χ2v) is 5.44. The molecule has 19 heavy (non-hydrogen) atoms. The van der Waals surface area contributed by atoms with E-state index in [9.17, 15) is 9.67 Å². The summed E-state index contributed by atoms with van der Waals surface area (Å²) in [6, 6.07) is 1.54. The van der Waals surface area contributed by atoms with E-state index in [1.807, 2.05) is 5.40 Å². The van der Waals surface area contributed by atoms with Crippen molar-refractivity contribution >= 4 is 46.4 Å². The fourth-order valence-corrected chi connectivity index (χ4v) is 3.17. The van der Waals surface area contributed by atoms with Gasteiger partial charge in [-0.1, -0.05) is 0 Å². The zero-order chi connectivity index (χ0) is 13.8. The predicted octanol–water partition coefficient (Wildman–Crippen LogP) is 2.53. The molecule has 0 fully saturated rings. The molecule has 9 heteroatoms. The SMILES string of the molecule is N#CSc1cc(OC#P=O)c2nc(N)sc2c1CO. The van der Waals surface area contributed by atoms with Crippen molar-refractivity contribution in [3.8, 4) is 17.0 Å². The van der Waals surface area contributed by atoms with E-state index in [1.54, 1.807) is 6.07 Å². The van der Waals surface area contributed by atoms with E-state index in [4.69, 9.17) is 15.7 Å². The maximum atomic E-state index is 10.4. The summed E-state index contributed by atoms with van der Waals surface area (Å²) >= 11 is 2.08. The molecule has 0 saturated carbocycles. The number of hydrogen-bond acceptors (Lipinski definition) is 8. The van der Waals surface area contributed by atoms with Crippen molar-refractivity contribution in [3.63, 3.8) is 0 Å². The minimum atomic E-state index is -0.400. The van der Waals surface area contributed by atoms with Crippen LogP contribution in [0, 0.1) is 16.5 Å². The number of ether oxygens (including phenoxy) is 1. The molecule has 3 N–H and O–H groups in total. The zero-order valence-electron chi connectivity index (χ0n) is 9.28. The topological polar surface area (TPSA) is 109 Å². The first-order valence-corrected chi connectivity index (χ1v) is 7.28. The molecule has 1 aromatic carbocycles. The van der Waals surface area contributed by atoms with E-state index in [-0.39, 0.29) is 6.61 Å². The van der Waals surface area contributed by atoms with E-state index < -0.39 is 7.92 Å². The van der Waals surface area contributed by atoms with Crippen LogP contribution in [0.3, 0.4) is 0 Å². The molecule has 0 saturated heterocycles. The Hall–Kier alpha value is -1.48. The molecule has 0 bridgehead atoms. The monoisotopic (exact) mass is 311 g/mol. The van der Waals surface area contributed by atoms with Crippen molar-refractivity contribution in [2.24, 2.45) is 0 Å². The van der Waals surface area contributed by atoms with Crippen molar-refractivity contribution < 1.29 is 14.4 Å². The van der Waals surface area contributed by atoms with Crippen molar-refractivity contribution in [2.75, 3.05) is 5.73 Å². The molecule has 2 rings (SSSR count). The molecule has 1 heterocycles. The number of aromatic nitrogens is 1. The quantitative estimate of drug-likeness (QED) is 0.509. The van der Waals surface area contributed by atoms with Crippen molar-refractivity contribution in [1.29, 1.82) is 5.26 Å². The van der Waals surface area contributed by atoms with Gasteiger partial charge in [-0.2, -0.15) is 0 Å². The molecule has 0 aliphatic rings.